The number of amides is 3. The Kier molecular flexibility index (Phi) is 11.3. The summed E-state index contributed by atoms with van der Waals surface area (Å²) in [5.74, 6) is -3.27. The molecule has 0 radical (unpaired) electrons. The summed E-state index contributed by atoms with van der Waals surface area (Å²) >= 11 is 0. The molecule has 5 unspecified atom stereocenters. The first-order chi connectivity index (χ1) is 12.9. The number of hydrogen-bond acceptors (Lipinski definition) is 6. The minimum absolute atomic E-state index is 0.204. The largest absolute Gasteiger partial charge is 0.480 e. The highest BCUT2D eigenvalue weighted by atomic mass is 16.4. The summed E-state index contributed by atoms with van der Waals surface area (Å²) in [4.78, 5) is 47.9. The molecule has 5 atom stereocenters. The van der Waals surface area contributed by atoms with Crippen LogP contribution in [-0.2, 0) is 19.2 Å². The summed E-state index contributed by atoms with van der Waals surface area (Å²) in [6.07, 6.45) is 1.03. The van der Waals surface area contributed by atoms with Gasteiger partial charge in [0.05, 0.1) is 12.6 Å². The lowest BCUT2D eigenvalue weighted by Gasteiger charge is -2.27. The number of carboxylic acid groups (broad SMARTS) is 1. The molecule has 7 N–H and O–H groups in total. The maximum absolute atomic E-state index is 12.6. The average molecular weight is 402 g/mol. The van der Waals surface area contributed by atoms with Crippen LogP contribution >= 0.6 is 0 Å². The van der Waals surface area contributed by atoms with Crippen molar-refractivity contribution in [3.63, 3.8) is 0 Å². The number of hydrogen-bond donors (Lipinski definition) is 6. The molecule has 0 aromatic rings. The quantitative estimate of drug-likeness (QED) is 0.242. The van der Waals surface area contributed by atoms with E-state index in [9.17, 15) is 24.3 Å². The van der Waals surface area contributed by atoms with Gasteiger partial charge >= 0.3 is 5.97 Å². The molecule has 0 fully saturated rings. The molecule has 0 rings (SSSR count). The van der Waals surface area contributed by atoms with Gasteiger partial charge in [0.25, 0.3) is 0 Å². The molecule has 0 bridgehead atoms. The van der Waals surface area contributed by atoms with Gasteiger partial charge in [0.15, 0.2) is 0 Å². The minimum atomic E-state index is -1.35. The molecule has 28 heavy (non-hydrogen) atoms. The number of aliphatic hydroxyl groups is 1. The smallest absolute Gasteiger partial charge is 0.325 e. The van der Waals surface area contributed by atoms with Crippen molar-refractivity contribution >= 4 is 23.7 Å². The maximum atomic E-state index is 12.6. The van der Waals surface area contributed by atoms with Gasteiger partial charge < -0.3 is 31.9 Å². The van der Waals surface area contributed by atoms with Gasteiger partial charge in [-0.25, -0.2) is 0 Å². The summed E-state index contributed by atoms with van der Waals surface area (Å²) in [6, 6.07) is -4.25. The van der Waals surface area contributed by atoms with E-state index in [1.165, 1.54) is 6.92 Å². The predicted molar refractivity (Wildman–Crippen MR) is 103 cm³/mol. The zero-order valence-corrected chi connectivity index (χ0v) is 17.2. The highest BCUT2D eigenvalue weighted by Gasteiger charge is 2.31. The third-order valence-electron chi connectivity index (χ3n) is 4.40. The lowest BCUT2D eigenvalue weighted by Crippen LogP contribution is -2.59. The van der Waals surface area contributed by atoms with Crippen molar-refractivity contribution in [1.82, 2.24) is 16.0 Å². The van der Waals surface area contributed by atoms with E-state index in [1.54, 1.807) is 6.92 Å². The number of rotatable bonds is 12. The van der Waals surface area contributed by atoms with E-state index in [4.69, 9.17) is 10.8 Å². The maximum Gasteiger partial charge on any atom is 0.325 e. The van der Waals surface area contributed by atoms with E-state index in [2.05, 4.69) is 16.0 Å². The van der Waals surface area contributed by atoms with Gasteiger partial charge in [-0.1, -0.05) is 34.1 Å². The van der Waals surface area contributed by atoms with Gasteiger partial charge in [0, 0.05) is 0 Å². The van der Waals surface area contributed by atoms with Gasteiger partial charge in [0.2, 0.25) is 17.7 Å². The van der Waals surface area contributed by atoms with Crippen LogP contribution < -0.4 is 21.7 Å². The molecule has 0 spiro atoms. The van der Waals surface area contributed by atoms with Crippen LogP contribution in [0.25, 0.3) is 0 Å². The Balaban J connectivity index is 5.15. The molecule has 0 saturated heterocycles. The summed E-state index contributed by atoms with van der Waals surface area (Å²) in [5, 5.41) is 25.4. The van der Waals surface area contributed by atoms with Crippen molar-refractivity contribution in [1.29, 1.82) is 0 Å². The molecule has 0 aliphatic carbocycles. The third-order valence-corrected chi connectivity index (χ3v) is 4.40. The number of carbonyl (C=O) groups is 4. The van der Waals surface area contributed by atoms with Crippen molar-refractivity contribution < 1.29 is 29.4 Å². The molecular formula is C18H34N4O6. The molecule has 0 aromatic carbocycles. The second-order valence-corrected chi connectivity index (χ2v) is 7.42. The Hall–Kier alpha value is -2.20. The van der Waals surface area contributed by atoms with Crippen molar-refractivity contribution in [2.45, 2.75) is 71.6 Å². The number of aliphatic hydroxyl groups excluding tert-OH is 1. The molecule has 0 heterocycles. The first kappa shape index (κ1) is 25.8. The second kappa shape index (κ2) is 12.3. The molecule has 0 aromatic heterocycles. The van der Waals surface area contributed by atoms with Crippen molar-refractivity contribution in [2.24, 2.45) is 17.6 Å². The Morgan fingerprint density at radius 2 is 1.50 bits per heavy atom. The zero-order valence-electron chi connectivity index (χ0n) is 17.2. The first-order valence-corrected chi connectivity index (χ1v) is 9.44. The monoisotopic (exact) mass is 402 g/mol. The topological polar surface area (TPSA) is 171 Å². The molecule has 10 nitrogen and oxygen atoms in total. The van der Waals surface area contributed by atoms with E-state index in [0.29, 0.717) is 12.8 Å². The molecule has 0 aliphatic heterocycles. The Morgan fingerprint density at radius 3 is 1.93 bits per heavy atom. The number of carbonyl (C=O) groups excluding carboxylic acids is 3. The van der Waals surface area contributed by atoms with E-state index < -0.39 is 54.5 Å². The number of nitrogens with one attached hydrogen (secondary N) is 3. The second-order valence-electron chi connectivity index (χ2n) is 7.42. The molecule has 10 heteroatoms. The minimum Gasteiger partial charge on any atom is -0.480 e. The van der Waals surface area contributed by atoms with Crippen LogP contribution in [0.15, 0.2) is 0 Å². The van der Waals surface area contributed by atoms with Crippen LogP contribution in [0.3, 0.4) is 0 Å². The highest BCUT2D eigenvalue weighted by molar-refractivity contribution is 5.94. The highest BCUT2D eigenvalue weighted by Crippen LogP contribution is 2.10. The van der Waals surface area contributed by atoms with Gasteiger partial charge in [0.1, 0.15) is 18.1 Å². The van der Waals surface area contributed by atoms with Crippen molar-refractivity contribution in [3.8, 4) is 0 Å². The van der Waals surface area contributed by atoms with E-state index in [-0.39, 0.29) is 11.8 Å². The van der Waals surface area contributed by atoms with Crippen LogP contribution in [0.1, 0.15) is 47.5 Å². The summed E-state index contributed by atoms with van der Waals surface area (Å²) in [6.45, 7) is 7.99. The third kappa shape index (κ3) is 8.66. The molecular weight excluding hydrogens is 368 g/mol. The molecule has 3 amide bonds. The first-order valence-electron chi connectivity index (χ1n) is 9.44. The van der Waals surface area contributed by atoms with E-state index >= 15 is 0 Å². The summed E-state index contributed by atoms with van der Waals surface area (Å²) in [7, 11) is 0. The van der Waals surface area contributed by atoms with Gasteiger partial charge in [-0.05, 0) is 25.2 Å². The van der Waals surface area contributed by atoms with Gasteiger partial charge in [-0.3, -0.25) is 19.2 Å². The Labute approximate surface area is 165 Å². The number of aliphatic carboxylic acids is 1. The normalized spacial score (nSPS) is 16.4. The van der Waals surface area contributed by atoms with E-state index in [0.717, 1.165) is 0 Å². The average Bonchev–Trinajstić information content (AvgIpc) is 2.61. The van der Waals surface area contributed by atoms with E-state index in [1.807, 2.05) is 20.8 Å². The predicted octanol–water partition coefficient (Wildman–Crippen LogP) is -1.04. The SMILES string of the molecule is CCC(C)C(NC(=O)C(N)CC(C)C)C(=O)NC(CO)C(=O)NC(C)C(=O)O. The molecule has 162 valence electrons. The van der Waals surface area contributed by atoms with Crippen LogP contribution in [0.4, 0.5) is 0 Å². The van der Waals surface area contributed by atoms with Crippen LogP contribution in [0.5, 0.6) is 0 Å². The van der Waals surface area contributed by atoms with Gasteiger partial charge in [-0.2, -0.15) is 0 Å². The standard InChI is InChI=1S/C18H34N4O6/c1-6-10(4)14(22-15(24)12(19)7-9(2)3)17(26)21-13(8-23)16(25)20-11(5)18(27)28/h9-14,23H,6-8,19H2,1-5H3,(H,20,25)(H,21,26)(H,22,24)(H,27,28). The summed E-state index contributed by atoms with van der Waals surface area (Å²) < 4.78 is 0. The fraction of sp³-hybridized carbons (Fsp3) is 0.778. The van der Waals surface area contributed by atoms with Crippen molar-refractivity contribution in [2.75, 3.05) is 6.61 Å². The fourth-order valence-corrected chi connectivity index (χ4v) is 2.41. The molecule has 0 aliphatic rings. The Bertz CT molecular complexity index is 554. The van der Waals surface area contributed by atoms with Crippen LogP contribution in [0, 0.1) is 11.8 Å². The lowest BCUT2D eigenvalue weighted by molar-refractivity contribution is -0.142. The lowest BCUT2D eigenvalue weighted by atomic mass is 9.96. The molecule has 0 saturated carbocycles. The fourth-order valence-electron chi connectivity index (χ4n) is 2.41. The van der Waals surface area contributed by atoms with Gasteiger partial charge in [-0.15, -0.1) is 0 Å². The van der Waals surface area contributed by atoms with Crippen LogP contribution in [-0.4, -0.2) is 64.7 Å². The zero-order chi connectivity index (χ0) is 22.0. The number of carboxylic acids is 1. The number of nitrogens with two attached hydrogens (primary N) is 1. The summed E-state index contributed by atoms with van der Waals surface area (Å²) in [5.41, 5.74) is 5.86. The Morgan fingerprint density at radius 1 is 0.929 bits per heavy atom. The van der Waals surface area contributed by atoms with Crippen LogP contribution in [0.2, 0.25) is 0 Å². The van der Waals surface area contributed by atoms with Crippen molar-refractivity contribution in [3.05, 3.63) is 0 Å².